The van der Waals surface area contributed by atoms with Crippen molar-refractivity contribution in [3.8, 4) is 5.69 Å². The summed E-state index contributed by atoms with van der Waals surface area (Å²) in [5, 5.41) is 8.41. The molecule has 1 aliphatic heterocycles. The molecular formula is C18H21FN4O3S. The molecule has 1 saturated heterocycles. The molecule has 9 heteroatoms. The first-order valence-corrected chi connectivity index (χ1v) is 10.4. The summed E-state index contributed by atoms with van der Waals surface area (Å²) in [5.74, 6) is -0.563. The predicted octanol–water partition coefficient (Wildman–Crippen LogP) is 1.90. The monoisotopic (exact) mass is 392 g/mol. The topological polar surface area (TPSA) is 93.4 Å². The second-order valence-electron chi connectivity index (χ2n) is 6.74. The van der Waals surface area contributed by atoms with E-state index < -0.39 is 9.84 Å². The maximum atomic E-state index is 13.1. The van der Waals surface area contributed by atoms with Gasteiger partial charge >= 0.3 is 0 Å². The first-order chi connectivity index (χ1) is 12.7. The molecular weight excluding hydrogens is 371 g/mol. The van der Waals surface area contributed by atoms with Gasteiger partial charge in [0.15, 0.2) is 9.84 Å². The molecule has 1 N–H and O–H groups in total. The molecule has 1 fully saturated rings. The van der Waals surface area contributed by atoms with Crippen molar-refractivity contribution in [1.82, 2.24) is 15.2 Å². The minimum Gasteiger partial charge on any atom is -0.273 e. The summed E-state index contributed by atoms with van der Waals surface area (Å²) in [4.78, 5) is 12.0. The third-order valence-electron chi connectivity index (χ3n) is 4.60. The minimum atomic E-state index is -3.00. The number of hydrogen-bond donors (Lipinski definition) is 1. The van der Waals surface area contributed by atoms with Gasteiger partial charge in [-0.3, -0.25) is 4.79 Å². The van der Waals surface area contributed by atoms with Crippen LogP contribution in [0, 0.1) is 25.6 Å². The zero-order valence-corrected chi connectivity index (χ0v) is 16.0. The maximum absolute atomic E-state index is 13.1. The Labute approximate surface area is 157 Å². The average molecular weight is 392 g/mol. The molecule has 0 spiro atoms. The molecule has 0 bridgehead atoms. The molecule has 2 heterocycles. The third-order valence-corrected chi connectivity index (χ3v) is 6.44. The summed E-state index contributed by atoms with van der Waals surface area (Å²) in [6.45, 7) is 3.68. The normalized spacial score (nSPS) is 18.9. The van der Waals surface area contributed by atoms with Crippen molar-refractivity contribution in [2.45, 2.75) is 26.7 Å². The molecule has 0 saturated carbocycles. The van der Waals surface area contributed by atoms with Gasteiger partial charge in [0.05, 0.1) is 34.8 Å². The van der Waals surface area contributed by atoms with Crippen molar-refractivity contribution < 1.29 is 17.6 Å². The summed E-state index contributed by atoms with van der Waals surface area (Å²) in [5.41, 5.74) is 5.45. The highest BCUT2D eigenvalue weighted by Gasteiger charge is 2.29. The fourth-order valence-corrected chi connectivity index (χ4v) is 5.05. The molecule has 0 aliphatic carbocycles. The molecule has 2 aromatic rings. The molecule has 0 unspecified atom stereocenters. The molecule has 1 aliphatic rings. The van der Waals surface area contributed by atoms with E-state index >= 15 is 0 Å². The lowest BCUT2D eigenvalue weighted by Gasteiger charge is -2.05. The van der Waals surface area contributed by atoms with Crippen molar-refractivity contribution >= 4 is 22.0 Å². The van der Waals surface area contributed by atoms with Gasteiger partial charge in [0.2, 0.25) is 5.91 Å². The van der Waals surface area contributed by atoms with E-state index in [0.29, 0.717) is 6.42 Å². The largest absolute Gasteiger partial charge is 0.273 e. The van der Waals surface area contributed by atoms with E-state index in [0.717, 1.165) is 22.6 Å². The Morgan fingerprint density at radius 3 is 2.70 bits per heavy atom. The van der Waals surface area contributed by atoms with E-state index in [1.807, 2.05) is 13.8 Å². The van der Waals surface area contributed by atoms with Gasteiger partial charge in [-0.1, -0.05) is 0 Å². The molecule has 144 valence electrons. The maximum Gasteiger partial charge on any atom is 0.240 e. The van der Waals surface area contributed by atoms with Crippen molar-refractivity contribution in [3.63, 3.8) is 0 Å². The number of hydrogen-bond acceptors (Lipinski definition) is 5. The van der Waals surface area contributed by atoms with Gasteiger partial charge in [0, 0.05) is 12.0 Å². The van der Waals surface area contributed by atoms with Gasteiger partial charge in [-0.15, -0.1) is 0 Å². The van der Waals surface area contributed by atoms with Crippen LogP contribution in [0.15, 0.2) is 29.4 Å². The number of benzene rings is 1. The van der Waals surface area contributed by atoms with Crippen LogP contribution < -0.4 is 5.43 Å². The Hall–Kier alpha value is -2.55. The molecule has 7 nitrogen and oxygen atoms in total. The Bertz CT molecular complexity index is 981. The Kier molecular flexibility index (Phi) is 5.41. The Balaban J connectivity index is 1.65. The number of amides is 1. The smallest absolute Gasteiger partial charge is 0.240 e. The fraction of sp³-hybridized carbons (Fsp3) is 0.389. The summed E-state index contributed by atoms with van der Waals surface area (Å²) in [7, 11) is -3.00. The molecule has 1 amide bonds. The molecule has 1 aromatic heterocycles. The van der Waals surface area contributed by atoms with Gasteiger partial charge in [-0.2, -0.15) is 10.2 Å². The SMILES string of the molecule is Cc1nn(-c2ccc(F)cc2)c(C)c1/C=N\NC(=O)C[C@@H]1CCS(=O)(=O)C1. The lowest BCUT2D eigenvalue weighted by Crippen LogP contribution is -2.21. The number of carbonyl (C=O) groups excluding carboxylic acids is 1. The number of aryl methyl sites for hydroxylation is 1. The molecule has 27 heavy (non-hydrogen) atoms. The van der Waals surface area contributed by atoms with E-state index in [2.05, 4.69) is 15.6 Å². The van der Waals surface area contributed by atoms with Crippen LogP contribution in [-0.4, -0.2) is 41.8 Å². The number of rotatable bonds is 5. The number of carbonyl (C=O) groups is 1. The average Bonchev–Trinajstić information content (AvgIpc) is 3.08. The second kappa shape index (κ2) is 7.59. The van der Waals surface area contributed by atoms with Crippen LogP contribution in [-0.2, 0) is 14.6 Å². The molecule has 1 aromatic carbocycles. The summed E-state index contributed by atoms with van der Waals surface area (Å²) < 4.78 is 37.7. The van der Waals surface area contributed by atoms with Crippen LogP contribution >= 0.6 is 0 Å². The van der Waals surface area contributed by atoms with Gasteiger partial charge in [-0.25, -0.2) is 22.9 Å². The number of halogens is 1. The van der Waals surface area contributed by atoms with Crippen molar-refractivity contribution in [2.75, 3.05) is 11.5 Å². The number of hydrazone groups is 1. The van der Waals surface area contributed by atoms with Crippen molar-refractivity contribution in [3.05, 3.63) is 47.0 Å². The van der Waals surface area contributed by atoms with Crippen molar-refractivity contribution in [1.29, 1.82) is 0 Å². The van der Waals surface area contributed by atoms with E-state index in [9.17, 15) is 17.6 Å². The van der Waals surface area contributed by atoms with Gasteiger partial charge in [-0.05, 0) is 50.5 Å². The minimum absolute atomic E-state index is 0.0623. The quantitative estimate of drug-likeness (QED) is 0.621. The lowest BCUT2D eigenvalue weighted by molar-refractivity contribution is -0.121. The lowest BCUT2D eigenvalue weighted by atomic mass is 10.1. The van der Waals surface area contributed by atoms with Crippen LogP contribution in [0.5, 0.6) is 0 Å². The standard InChI is InChI=1S/C18H21FN4O3S/c1-12-17(13(2)23(22-12)16-5-3-15(19)4-6-16)10-20-21-18(24)9-14-7-8-27(25,26)11-14/h3-6,10,14H,7-9,11H2,1-2H3,(H,21,24)/b20-10-/t14-/m0/s1. The number of aromatic nitrogens is 2. The Morgan fingerprint density at radius 2 is 2.07 bits per heavy atom. The van der Waals surface area contributed by atoms with Crippen LogP contribution in [0.25, 0.3) is 5.69 Å². The van der Waals surface area contributed by atoms with E-state index in [1.54, 1.807) is 16.8 Å². The third kappa shape index (κ3) is 4.60. The summed E-state index contributed by atoms with van der Waals surface area (Å²) >= 11 is 0. The summed E-state index contributed by atoms with van der Waals surface area (Å²) in [6.07, 6.45) is 2.17. The van der Waals surface area contributed by atoms with E-state index in [-0.39, 0.29) is 35.6 Å². The fourth-order valence-electron chi connectivity index (χ4n) is 3.18. The van der Waals surface area contributed by atoms with E-state index in [4.69, 9.17) is 0 Å². The molecule has 3 rings (SSSR count). The Morgan fingerprint density at radius 1 is 1.37 bits per heavy atom. The highest BCUT2D eigenvalue weighted by Crippen LogP contribution is 2.21. The van der Waals surface area contributed by atoms with E-state index in [1.165, 1.54) is 18.3 Å². The van der Waals surface area contributed by atoms with Gasteiger partial charge in [0.1, 0.15) is 5.82 Å². The van der Waals surface area contributed by atoms with Crippen molar-refractivity contribution in [2.24, 2.45) is 11.0 Å². The van der Waals surface area contributed by atoms with Crippen LogP contribution in [0.1, 0.15) is 29.8 Å². The number of nitrogens with one attached hydrogen (secondary N) is 1. The van der Waals surface area contributed by atoms with Gasteiger partial charge in [0.25, 0.3) is 0 Å². The number of sulfone groups is 1. The van der Waals surface area contributed by atoms with Crippen LogP contribution in [0.4, 0.5) is 4.39 Å². The zero-order chi connectivity index (χ0) is 19.6. The highest BCUT2D eigenvalue weighted by atomic mass is 32.2. The highest BCUT2D eigenvalue weighted by molar-refractivity contribution is 7.91. The molecule has 1 atom stereocenters. The summed E-state index contributed by atoms with van der Waals surface area (Å²) in [6, 6.07) is 5.99. The zero-order valence-electron chi connectivity index (χ0n) is 15.1. The second-order valence-corrected chi connectivity index (χ2v) is 8.97. The van der Waals surface area contributed by atoms with Crippen LogP contribution in [0.2, 0.25) is 0 Å². The van der Waals surface area contributed by atoms with Gasteiger partial charge < -0.3 is 0 Å². The first kappa shape index (κ1) is 19.2. The molecule has 0 radical (unpaired) electrons. The van der Waals surface area contributed by atoms with Crippen LogP contribution in [0.3, 0.4) is 0 Å². The predicted molar refractivity (Wildman–Crippen MR) is 100 cm³/mol. The first-order valence-electron chi connectivity index (χ1n) is 8.59. The number of nitrogens with zero attached hydrogens (tertiary/aromatic N) is 3.